The number of carbonyl (C=O) groups is 4. The predicted octanol–water partition coefficient (Wildman–Crippen LogP) is 12.1. The summed E-state index contributed by atoms with van der Waals surface area (Å²) >= 11 is 0. The lowest BCUT2D eigenvalue weighted by Gasteiger charge is -2.22. The molecular weight excluding hydrogens is 757 g/mol. The van der Waals surface area contributed by atoms with Crippen molar-refractivity contribution >= 4 is 23.9 Å². The molecule has 3 atom stereocenters. The van der Waals surface area contributed by atoms with Gasteiger partial charge in [0, 0.05) is 32.4 Å². The molecule has 352 valence electrons. The van der Waals surface area contributed by atoms with E-state index in [0.717, 1.165) is 103 Å². The van der Waals surface area contributed by atoms with Gasteiger partial charge in [-0.2, -0.15) is 0 Å². The molecule has 10 nitrogen and oxygen atoms in total. The molecule has 0 radical (unpaired) electrons. The van der Waals surface area contributed by atoms with E-state index in [1.807, 2.05) is 19.0 Å². The smallest absolute Gasteiger partial charge is 0.323 e. The monoisotopic (exact) mass is 851 g/mol. The van der Waals surface area contributed by atoms with Gasteiger partial charge < -0.3 is 23.8 Å². The van der Waals surface area contributed by atoms with E-state index < -0.39 is 6.04 Å². The minimum atomic E-state index is -0.425. The number of likely N-dealkylation sites (tertiary alicyclic amines) is 1. The normalized spacial score (nSPS) is 16.0. The van der Waals surface area contributed by atoms with Gasteiger partial charge in [-0.15, -0.1) is 0 Å². The Morgan fingerprint density at radius 3 is 1.58 bits per heavy atom. The van der Waals surface area contributed by atoms with E-state index in [4.69, 9.17) is 18.9 Å². The van der Waals surface area contributed by atoms with Crippen molar-refractivity contribution in [3.05, 3.63) is 0 Å². The lowest BCUT2D eigenvalue weighted by Crippen LogP contribution is -2.38. The van der Waals surface area contributed by atoms with E-state index in [0.29, 0.717) is 52.0 Å². The van der Waals surface area contributed by atoms with Crippen LogP contribution in [0.25, 0.3) is 0 Å². The zero-order valence-electron chi connectivity index (χ0n) is 39.8. The van der Waals surface area contributed by atoms with Gasteiger partial charge in [0.15, 0.2) is 0 Å². The Balaban J connectivity index is 2.35. The van der Waals surface area contributed by atoms with Crippen molar-refractivity contribution in [3.63, 3.8) is 0 Å². The third kappa shape index (κ3) is 32.5. The molecule has 60 heavy (non-hydrogen) atoms. The largest absolute Gasteiger partial charge is 0.466 e. The van der Waals surface area contributed by atoms with E-state index in [-0.39, 0.29) is 36.1 Å². The molecule has 2 unspecified atom stereocenters. The summed E-state index contributed by atoms with van der Waals surface area (Å²) in [4.78, 5) is 54.8. The van der Waals surface area contributed by atoms with Gasteiger partial charge in [-0.25, -0.2) is 0 Å². The first-order valence-electron chi connectivity index (χ1n) is 25.3. The van der Waals surface area contributed by atoms with Crippen molar-refractivity contribution in [2.24, 2.45) is 0 Å². The Morgan fingerprint density at radius 2 is 1.00 bits per heavy atom. The molecule has 0 aromatic rings. The summed E-state index contributed by atoms with van der Waals surface area (Å²) in [5.74, 6) is -0.635. The molecule has 10 heteroatoms. The van der Waals surface area contributed by atoms with Crippen LogP contribution in [0, 0.1) is 0 Å². The average Bonchev–Trinajstić information content (AvgIpc) is 3.63. The molecule has 1 heterocycles. The maximum absolute atomic E-state index is 13.3. The second-order valence-corrected chi connectivity index (χ2v) is 18.0. The van der Waals surface area contributed by atoms with Crippen LogP contribution >= 0.6 is 0 Å². The summed E-state index contributed by atoms with van der Waals surface area (Å²) in [7, 11) is 3.86. The summed E-state index contributed by atoms with van der Waals surface area (Å²) in [6, 6.07) is -0.425. The van der Waals surface area contributed by atoms with E-state index in [2.05, 4.69) is 25.7 Å². The highest BCUT2D eigenvalue weighted by molar-refractivity contribution is 5.76. The van der Waals surface area contributed by atoms with Gasteiger partial charge in [-0.1, -0.05) is 149 Å². The Hall–Kier alpha value is -2.20. The highest BCUT2D eigenvalue weighted by atomic mass is 16.6. The lowest BCUT2D eigenvalue weighted by molar-refractivity contribution is -0.151. The number of ether oxygens (including phenoxy) is 4. The molecule has 1 aliphatic rings. The SMILES string of the molecule is CCCCCCCCCCCOC(=O)CCCCCCN1CC(OC(=O)CCN(C)C)C[C@H]1C(=O)OCCCCCCCC(=O)OC(CCCCC)CCCCCCCC. The van der Waals surface area contributed by atoms with Crippen LogP contribution in [0.2, 0.25) is 0 Å². The van der Waals surface area contributed by atoms with Gasteiger partial charge in [0.2, 0.25) is 0 Å². The molecule has 0 N–H and O–H groups in total. The summed E-state index contributed by atoms with van der Waals surface area (Å²) in [5, 5.41) is 0. The highest BCUT2D eigenvalue weighted by Crippen LogP contribution is 2.24. The second kappa shape index (κ2) is 39.6. The third-order valence-electron chi connectivity index (χ3n) is 11.9. The van der Waals surface area contributed by atoms with Gasteiger partial charge >= 0.3 is 23.9 Å². The van der Waals surface area contributed by atoms with Gasteiger partial charge in [0.25, 0.3) is 0 Å². The summed E-state index contributed by atoms with van der Waals surface area (Å²) in [5.41, 5.74) is 0. The standard InChI is InChI=1S/C50H94N2O8/c1-6-9-12-14-16-17-18-24-31-40-57-47(53)35-28-22-23-30-38-52-43-45(60-49(55)37-39-51(4)5)42-46(52)50(56)58-41-32-25-19-21-29-36-48(54)59-44(33-26-11-8-3)34-27-20-15-13-10-7-2/h44-46H,6-43H2,1-5H3/t44?,45?,46-/m0/s1. The van der Waals surface area contributed by atoms with Crippen molar-refractivity contribution in [3.8, 4) is 0 Å². The van der Waals surface area contributed by atoms with Crippen molar-refractivity contribution < 1.29 is 38.1 Å². The Morgan fingerprint density at radius 1 is 0.533 bits per heavy atom. The van der Waals surface area contributed by atoms with Crippen molar-refractivity contribution in [2.45, 2.75) is 251 Å². The number of esters is 4. The van der Waals surface area contributed by atoms with Crippen LogP contribution in [0.15, 0.2) is 0 Å². The van der Waals surface area contributed by atoms with Crippen molar-refractivity contribution in [1.82, 2.24) is 9.80 Å². The fourth-order valence-electron chi connectivity index (χ4n) is 8.06. The van der Waals surface area contributed by atoms with Gasteiger partial charge in [0.05, 0.1) is 19.6 Å². The quantitative estimate of drug-likeness (QED) is 0.0334. The van der Waals surface area contributed by atoms with E-state index >= 15 is 0 Å². The molecule has 0 amide bonds. The van der Waals surface area contributed by atoms with Crippen LogP contribution in [-0.4, -0.2) is 98.9 Å². The topological polar surface area (TPSA) is 112 Å². The molecule has 0 saturated carbocycles. The van der Waals surface area contributed by atoms with Crippen LogP contribution in [-0.2, 0) is 38.1 Å². The Kier molecular flexibility index (Phi) is 36.9. The molecule has 0 aromatic heterocycles. The summed E-state index contributed by atoms with van der Waals surface area (Å²) in [6.45, 7) is 9.45. The Bertz CT molecular complexity index is 1060. The number of rotatable bonds is 42. The predicted molar refractivity (Wildman–Crippen MR) is 245 cm³/mol. The van der Waals surface area contributed by atoms with Crippen LogP contribution < -0.4 is 0 Å². The number of hydrogen-bond donors (Lipinski definition) is 0. The molecule has 1 saturated heterocycles. The molecule has 0 spiro atoms. The van der Waals surface area contributed by atoms with Crippen LogP contribution in [0.3, 0.4) is 0 Å². The number of hydrogen-bond acceptors (Lipinski definition) is 10. The maximum Gasteiger partial charge on any atom is 0.323 e. The van der Waals surface area contributed by atoms with Crippen LogP contribution in [0.4, 0.5) is 0 Å². The summed E-state index contributed by atoms with van der Waals surface area (Å²) in [6.07, 6.45) is 33.7. The fraction of sp³-hybridized carbons (Fsp3) is 0.920. The van der Waals surface area contributed by atoms with E-state index in [1.165, 1.54) is 89.9 Å². The molecule has 0 aromatic carbocycles. The molecule has 0 aliphatic carbocycles. The molecule has 1 rings (SSSR count). The van der Waals surface area contributed by atoms with Crippen molar-refractivity contribution in [2.75, 3.05) is 46.9 Å². The average molecular weight is 851 g/mol. The van der Waals surface area contributed by atoms with Gasteiger partial charge in [-0.3, -0.25) is 24.1 Å². The first kappa shape index (κ1) is 55.8. The van der Waals surface area contributed by atoms with E-state index in [1.54, 1.807) is 0 Å². The third-order valence-corrected chi connectivity index (χ3v) is 11.9. The van der Waals surface area contributed by atoms with Crippen molar-refractivity contribution in [1.29, 1.82) is 0 Å². The maximum atomic E-state index is 13.3. The lowest BCUT2D eigenvalue weighted by atomic mass is 10.0. The number of nitrogens with zero attached hydrogens (tertiary/aromatic N) is 2. The van der Waals surface area contributed by atoms with Crippen LogP contribution in [0.5, 0.6) is 0 Å². The van der Waals surface area contributed by atoms with Gasteiger partial charge in [-0.05, 0) is 78.4 Å². The highest BCUT2D eigenvalue weighted by Gasteiger charge is 2.39. The molecule has 1 aliphatic heterocycles. The number of unbranched alkanes of at least 4 members (excludes halogenated alkanes) is 22. The molecule has 1 fully saturated rings. The zero-order chi connectivity index (χ0) is 43.9. The Labute approximate surface area is 368 Å². The summed E-state index contributed by atoms with van der Waals surface area (Å²) < 4.78 is 23.0. The minimum Gasteiger partial charge on any atom is -0.466 e. The first-order chi connectivity index (χ1) is 29.2. The first-order valence-corrected chi connectivity index (χ1v) is 25.3. The minimum absolute atomic E-state index is 0.0567. The zero-order valence-corrected chi connectivity index (χ0v) is 39.8. The molecule has 0 bridgehead atoms. The second-order valence-electron chi connectivity index (χ2n) is 18.0. The number of carbonyl (C=O) groups excluding carboxylic acids is 4. The van der Waals surface area contributed by atoms with Crippen LogP contribution in [0.1, 0.15) is 233 Å². The molecular formula is C50H94N2O8. The fourth-order valence-corrected chi connectivity index (χ4v) is 8.06. The van der Waals surface area contributed by atoms with Gasteiger partial charge in [0.1, 0.15) is 18.2 Å². The van der Waals surface area contributed by atoms with E-state index in [9.17, 15) is 19.2 Å².